The van der Waals surface area contributed by atoms with Crippen LogP contribution in [-0.2, 0) is 0 Å². The van der Waals surface area contributed by atoms with Crippen LogP contribution < -0.4 is 0 Å². The Morgan fingerprint density at radius 3 is 2.20 bits per heavy atom. The van der Waals surface area contributed by atoms with E-state index in [9.17, 15) is 19.6 Å². The minimum Gasteiger partial charge on any atom is -0.389 e. The number of aliphatic hydroxyl groups is 1. The highest BCUT2D eigenvalue weighted by Crippen LogP contribution is 2.27. The molecule has 0 heterocycles. The molecule has 0 radical (unpaired) electrons. The van der Waals surface area contributed by atoms with Crippen LogP contribution in [0, 0.1) is 4.91 Å². The van der Waals surface area contributed by atoms with Crippen molar-refractivity contribution in [1.82, 2.24) is 0 Å². The van der Waals surface area contributed by atoms with Gasteiger partial charge in [0.25, 0.3) is 0 Å². The highest BCUT2D eigenvalue weighted by molar-refractivity contribution is 5.92. The van der Waals surface area contributed by atoms with Gasteiger partial charge in [-0.3, -0.25) is 9.59 Å². The topological polar surface area (TPSA) is 83.8 Å². The van der Waals surface area contributed by atoms with Gasteiger partial charge in [-0.1, -0.05) is 0 Å². The van der Waals surface area contributed by atoms with Gasteiger partial charge >= 0.3 is 0 Å². The summed E-state index contributed by atoms with van der Waals surface area (Å²) in [6.45, 7) is 1.44. The van der Waals surface area contributed by atoms with Crippen LogP contribution in [0.4, 0.5) is 5.69 Å². The second-order valence-electron chi connectivity index (χ2n) is 3.04. The Morgan fingerprint density at radius 1 is 1.27 bits per heavy atom. The van der Waals surface area contributed by atoms with Crippen LogP contribution in [0.3, 0.4) is 0 Å². The van der Waals surface area contributed by atoms with Crippen molar-refractivity contribution in [3.63, 3.8) is 0 Å². The summed E-state index contributed by atoms with van der Waals surface area (Å²) in [6, 6.07) is 2.48. The number of hydrogen-bond acceptors (Lipinski definition) is 5. The summed E-state index contributed by atoms with van der Waals surface area (Å²) >= 11 is 0. The number of carbonyl (C=O) groups excluding carboxylic acids is 2. The van der Waals surface area contributed by atoms with E-state index in [0.29, 0.717) is 12.6 Å². The van der Waals surface area contributed by atoms with Gasteiger partial charge in [0.2, 0.25) is 0 Å². The van der Waals surface area contributed by atoms with E-state index >= 15 is 0 Å². The third-order valence-corrected chi connectivity index (χ3v) is 2.03. The zero-order valence-corrected chi connectivity index (χ0v) is 8.01. The number of rotatable bonds is 4. The molecule has 1 rings (SSSR count). The van der Waals surface area contributed by atoms with E-state index in [-0.39, 0.29) is 22.4 Å². The number of nitrogens with zero attached hydrogens (tertiary/aromatic N) is 1. The summed E-state index contributed by atoms with van der Waals surface area (Å²) in [5, 5.41) is 12.0. The molecule has 1 atom stereocenters. The molecule has 0 bridgehead atoms. The van der Waals surface area contributed by atoms with Crippen molar-refractivity contribution in [1.29, 1.82) is 0 Å². The largest absolute Gasteiger partial charge is 0.389 e. The summed E-state index contributed by atoms with van der Waals surface area (Å²) in [5.74, 6) is 0. The molecule has 0 fully saturated rings. The number of carbonyl (C=O) groups is 2. The molecule has 0 aliphatic carbocycles. The molecule has 0 aromatic heterocycles. The van der Waals surface area contributed by atoms with Crippen LogP contribution in [0.2, 0.25) is 0 Å². The monoisotopic (exact) mass is 207 g/mol. The minimum atomic E-state index is -0.919. The summed E-state index contributed by atoms with van der Waals surface area (Å²) in [7, 11) is 0. The first-order valence-electron chi connectivity index (χ1n) is 4.23. The molecule has 0 amide bonds. The van der Waals surface area contributed by atoms with Crippen molar-refractivity contribution < 1.29 is 14.7 Å². The van der Waals surface area contributed by atoms with E-state index in [1.54, 1.807) is 0 Å². The van der Waals surface area contributed by atoms with Gasteiger partial charge in [-0.05, 0) is 24.2 Å². The number of aldehydes is 2. The van der Waals surface area contributed by atoms with E-state index in [1.165, 1.54) is 19.1 Å². The maximum atomic E-state index is 10.6. The first kappa shape index (κ1) is 11.2. The van der Waals surface area contributed by atoms with Crippen molar-refractivity contribution in [3.8, 4) is 0 Å². The zero-order chi connectivity index (χ0) is 11.4. The lowest BCUT2D eigenvalue weighted by Gasteiger charge is -2.08. The number of benzene rings is 1. The summed E-state index contributed by atoms with van der Waals surface area (Å²) in [4.78, 5) is 31.6. The lowest BCUT2D eigenvalue weighted by Crippen LogP contribution is -1.98. The Bertz CT molecular complexity index is 412. The maximum absolute atomic E-state index is 10.6. The molecular weight excluding hydrogens is 198 g/mol. The first-order chi connectivity index (χ1) is 7.13. The predicted octanol–water partition coefficient (Wildman–Crippen LogP) is 1.76. The van der Waals surface area contributed by atoms with Crippen molar-refractivity contribution >= 4 is 18.3 Å². The van der Waals surface area contributed by atoms with Gasteiger partial charge in [-0.15, -0.1) is 4.91 Å². The lowest BCUT2D eigenvalue weighted by molar-refractivity contribution is 0.109. The van der Waals surface area contributed by atoms with Crippen LogP contribution in [0.1, 0.15) is 39.3 Å². The fraction of sp³-hybridized carbons (Fsp3) is 0.200. The Kier molecular flexibility index (Phi) is 3.41. The van der Waals surface area contributed by atoms with Gasteiger partial charge in [-0.2, -0.15) is 0 Å². The molecule has 5 nitrogen and oxygen atoms in total. The van der Waals surface area contributed by atoms with Crippen LogP contribution in [0.5, 0.6) is 0 Å². The molecular formula is C10H9NO4. The molecule has 0 aliphatic rings. The van der Waals surface area contributed by atoms with E-state index in [0.717, 1.165) is 0 Å². The molecule has 0 saturated carbocycles. The van der Waals surface area contributed by atoms with Crippen molar-refractivity contribution in [2.24, 2.45) is 5.18 Å². The molecule has 15 heavy (non-hydrogen) atoms. The van der Waals surface area contributed by atoms with Gasteiger partial charge in [0.1, 0.15) is 5.69 Å². The van der Waals surface area contributed by atoms with Gasteiger partial charge in [0.15, 0.2) is 12.6 Å². The minimum absolute atomic E-state index is 0.0299. The molecule has 0 saturated heterocycles. The second kappa shape index (κ2) is 4.56. The molecule has 5 heteroatoms. The zero-order valence-electron chi connectivity index (χ0n) is 8.01. The van der Waals surface area contributed by atoms with Gasteiger partial charge in [-0.25, -0.2) is 0 Å². The SMILES string of the molecule is CC(O)c1cc(C=O)c(C=O)cc1N=O. The number of nitroso groups, excluding NO2 is 1. The second-order valence-corrected chi connectivity index (χ2v) is 3.04. The van der Waals surface area contributed by atoms with Crippen molar-refractivity contribution in [2.75, 3.05) is 0 Å². The van der Waals surface area contributed by atoms with Gasteiger partial charge in [0, 0.05) is 16.7 Å². The highest BCUT2D eigenvalue weighted by atomic mass is 16.3. The normalized spacial score (nSPS) is 11.9. The Labute approximate surface area is 85.7 Å². The standard InChI is InChI=1S/C10H9NO4/c1-6(14)9-2-7(4-12)8(5-13)3-10(9)11-15/h2-6,14H,1H3. The molecule has 1 aromatic carbocycles. The average molecular weight is 207 g/mol. The van der Waals surface area contributed by atoms with Crippen molar-refractivity contribution in [2.45, 2.75) is 13.0 Å². The van der Waals surface area contributed by atoms with Crippen LogP contribution in [0.25, 0.3) is 0 Å². The quantitative estimate of drug-likeness (QED) is 0.602. The summed E-state index contributed by atoms with van der Waals surface area (Å²) in [5.41, 5.74) is 0.424. The van der Waals surface area contributed by atoms with Gasteiger partial charge in [0.05, 0.1) is 6.10 Å². The average Bonchev–Trinajstić information content (AvgIpc) is 2.26. The van der Waals surface area contributed by atoms with E-state index in [2.05, 4.69) is 5.18 Å². The number of aliphatic hydroxyl groups excluding tert-OH is 1. The highest BCUT2D eigenvalue weighted by Gasteiger charge is 2.13. The molecule has 0 aliphatic heterocycles. The lowest BCUT2D eigenvalue weighted by atomic mass is 10.0. The Morgan fingerprint density at radius 2 is 1.80 bits per heavy atom. The van der Waals surface area contributed by atoms with Crippen molar-refractivity contribution in [3.05, 3.63) is 33.7 Å². The van der Waals surface area contributed by atoms with E-state index in [4.69, 9.17) is 0 Å². The summed E-state index contributed by atoms with van der Waals surface area (Å²) in [6.07, 6.45) is 0.0335. The first-order valence-corrected chi connectivity index (χ1v) is 4.23. The smallest absolute Gasteiger partial charge is 0.150 e. The van der Waals surface area contributed by atoms with E-state index in [1.807, 2.05) is 0 Å². The van der Waals surface area contributed by atoms with Crippen LogP contribution >= 0.6 is 0 Å². The molecule has 0 spiro atoms. The maximum Gasteiger partial charge on any atom is 0.150 e. The number of hydrogen-bond donors (Lipinski definition) is 1. The van der Waals surface area contributed by atoms with Gasteiger partial charge < -0.3 is 5.11 Å². The van der Waals surface area contributed by atoms with Crippen LogP contribution in [-0.4, -0.2) is 17.7 Å². The third kappa shape index (κ3) is 2.13. The van der Waals surface area contributed by atoms with E-state index < -0.39 is 6.10 Å². The molecule has 78 valence electrons. The predicted molar refractivity (Wildman–Crippen MR) is 53.3 cm³/mol. The Hall–Kier alpha value is -1.88. The fourth-order valence-electron chi connectivity index (χ4n) is 1.26. The Balaban J connectivity index is 3.46. The summed E-state index contributed by atoms with van der Waals surface area (Å²) < 4.78 is 0. The van der Waals surface area contributed by atoms with Crippen LogP contribution in [0.15, 0.2) is 17.3 Å². The molecule has 1 aromatic rings. The fourth-order valence-corrected chi connectivity index (χ4v) is 1.26. The molecule has 1 unspecified atom stereocenters. The third-order valence-electron chi connectivity index (χ3n) is 2.03. The molecule has 1 N–H and O–H groups in total.